The van der Waals surface area contributed by atoms with E-state index in [0.717, 1.165) is 0 Å². The van der Waals surface area contributed by atoms with Crippen LogP contribution in [-0.2, 0) is 15.3 Å². The van der Waals surface area contributed by atoms with E-state index in [4.69, 9.17) is 9.47 Å². The topological polar surface area (TPSA) is 77.4 Å². The van der Waals surface area contributed by atoms with Gasteiger partial charge >= 0.3 is 0 Å². The Kier molecular flexibility index (Phi) is 2.01. The molecule has 1 aromatic heterocycles. The summed E-state index contributed by atoms with van der Waals surface area (Å²) in [5.41, 5.74) is 0.425. The number of ether oxygens (including phenoxy) is 2. The molecule has 1 aliphatic heterocycles. The van der Waals surface area contributed by atoms with Crippen LogP contribution >= 0.6 is 0 Å². The van der Waals surface area contributed by atoms with Gasteiger partial charge in [-0.05, 0) is 6.92 Å². The number of nitrogens with one attached hydrogen (secondary N) is 1. The molecule has 76 valence electrons. The summed E-state index contributed by atoms with van der Waals surface area (Å²) in [6, 6.07) is 0. The van der Waals surface area contributed by atoms with Crippen molar-refractivity contribution in [1.82, 2.24) is 4.98 Å². The molecular formula is C8H10N2O4. The van der Waals surface area contributed by atoms with Crippen molar-refractivity contribution >= 4 is 5.69 Å². The molecule has 1 aliphatic rings. The third-order valence-corrected chi connectivity index (χ3v) is 2.25. The highest BCUT2D eigenvalue weighted by molar-refractivity contribution is 5.40. The standard InChI is InChI=1S/C8H10N2O4/c1-8(13-2-3-14-8)6-4-9-5-7(6)10(11)12/h4-5,9H,2-3H2,1H3. The molecule has 1 N–H and O–H groups in total. The van der Waals surface area contributed by atoms with E-state index >= 15 is 0 Å². The molecule has 1 saturated heterocycles. The summed E-state index contributed by atoms with van der Waals surface area (Å²) in [7, 11) is 0. The Morgan fingerprint density at radius 1 is 1.50 bits per heavy atom. The summed E-state index contributed by atoms with van der Waals surface area (Å²) in [6.07, 6.45) is 2.86. The van der Waals surface area contributed by atoms with E-state index in [2.05, 4.69) is 4.98 Å². The van der Waals surface area contributed by atoms with Crippen molar-refractivity contribution in [2.24, 2.45) is 0 Å². The van der Waals surface area contributed by atoms with Crippen LogP contribution in [0, 0.1) is 10.1 Å². The van der Waals surface area contributed by atoms with Crippen LogP contribution in [0.15, 0.2) is 12.4 Å². The first-order valence-corrected chi connectivity index (χ1v) is 4.23. The first-order valence-electron chi connectivity index (χ1n) is 4.23. The molecule has 6 nitrogen and oxygen atoms in total. The fraction of sp³-hybridized carbons (Fsp3) is 0.500. The fourth-order valence-corrected chi connectivity index (χ4v) is 1.54. The summed E-state index contributed by atoms with van der Waals surface area (Å²) in [5, 5.41) is 10.7. The third kappa shape index (κ3) is 1.28. The van der Waals surface area contributed by atoms with Crippen LogP contribution in [-0.4, -0.2) is 23.1 Å². The Hall–Kier alpha value is -1.40. The quantitative estimate of drug-likeness (QED) is 0.571. The minimum absolute atomic E-state index is 0.00519. The van der Waals surface area contributed by atoms with Crippen LogP contribution in [0.1, 0.15) is 12.5 Å². The number of hydrogen-bond acceptors (Lipinski definition) is 4. The van der Waals surface area contributed by atoms with Crippen LogP contribution < -0.4 is 0 Å². The van der Waals surface area contributed by atoms with E-state index in [-0.39, 0.29) is 5.69 Å². The van der Waals surface area contributed by atoms with Gasteiger partial charge in [0, 0.05) is 6.20 Å². The molecule has 2 heterocycles. The highest BCUT2D eigenvalue weighted by Gasteiger charge is 2.39. The highest BCUT2D eigenvalue weighted by Crippen LogP contribution is 2.36. The Balaban J connectivity index is 2.40. The number of H-pyrrole nitrogens is 1. The fourth-order valence-electron chi connectivity index (χ4n) is 1.54. The second-order valence-corrected chi connectivity index (χ2v) is 3.15. The Labute approximate surface area is 80.0 Å². The van der Waals surface area contributed by atoms with Crippen LogP contribution in [0.3, 0.4) is 0 Å². The van der Waals surface area contributed by atoms with Gasteiger partial charge in [0.15, 0.2) is 5.79 Å². The van der Waals surface area contributed by atoms with Gasteiger partial charge in [-0.1, -0.05) is 0 Å². The summed E-state index contributed by atoms with van der Waals surface area (Å²) in [6.45, 7) is 2.59. The Bertz CT molecular complexity index is 354. The minimum Gasteiger partial charge on any atom is -0.361 e. The van der Waals surface area contributed by atoms with Gasteiger partial charge in [-0.25, -0.2) is 0 Å². The number of nitrogens with zero attached hydrogens (tertiary/aromatic N) is 1. The molecule has 1 aromatic rings. The second kappa shape index (κ2) is 3.07. The monoisotopic (exact) mass is 198 g/mol. The third-order valence-electron chi connectivity index (χ3n) is 2.25. The van der Waals surface area contributed by atoms with Gasteiger partial charge in [0.2, 0.25) is 0 Å². The van der Waals surface area contributed by atoms with Crippen molar-refractivity contribution < 1.29 is 14.4 Å². The number of hydrogen-bond donors (Lipinski definition) is 1. The first kappa shape index (κ1) is 9.17. The van der Waals surface area contributed by atoms with Gasteiger partial charge in [-0.3, -0.25) is 10.1 Å². The van der Waals surface area contributed by atoms with Gasteiger partial charge in [-0.15, -0.1) is 0 Å². The molecule has 0 saturated carbocycles. The van der Waals surface area contributed by atoms with Crippen LogP contribution in [0.5, 0.6) is 0 Å². The lowest BCUT2D eigenvalue weighted by Gasteiger charge is -2.19. The molecule has 2 rings (SSSR count). The summed E-state index contributed by atoms with van der Waals surface area (Å²) in [5.74, 6) is -0.984. The largest absolute Gasteiger partial charge is 0.361 e. The van der Waals surface area contributed by atoms with Crippen molar-refractivity contribution in [1.29, 1.82) is 0 Å². The van der Waals surface area contributed by atoms with E-state index in [1.807, 2.05) is 0 Å². The molecule has 0 spiro atoms. The zero-order valence-electron chi connectivity index (χ0n) is 7.65. The lowest BCUT2D eigenvalue weighted by Crippen LogP contribution is -2.22. The van der Waals surface area contributed by atoms with Crippen LogP contribution in [0.25, 0.3) is 0 Å². The maximum absolute atomic E-state index is 10.7. The molecule has 14 heavy (non-hydrogen) atoms. The van der Waals surface area contributed by atoms with Gasteiger partial charge in [-0.2, -0.15) is 0 Å². The van der Waals surface area contributed by atoms with E-state index in [9.17, 15) is 10.1 Å². The van der Waals surface area contributed by atoms with Crippen molar-refractivity contribution in [3.8, 4) is 0 Å². The SMILES string of the molecule is CC1(c2c[nH]cc2[N+](=O)[O-])OCCO1. The molecule has 0 aliphatic carbocycles. The maximum atomic E-state index is 10.7. The molecular weight excluding hydrogens is 188 g/mol. The Morgan fingerprint density at radius 3 is 2.71 bits per heavy atom. The predicted octanol–water partition coefficient (Wildman–Crippen LogP) is 1.14. The van der Waals surface area contributed by atoms with E-state index in [0.29, 0.717) is 18.8 Å². The predicted molar refractivity (Wildman–Crippen MR) is 46.7 cm³/mol. The normalized spacial score (nSPS) is 19.8. The number of rotatable bonds is 2. The van der Waals surface area contributed by atoms with Gasteiger partial charge in [0.05, 0.1) is 24.3 Å². The molecule has 1 fully saturated rings. The molecule has 6 heteroatoms. The van der Waals surface area contributed by atoms with E-state index < -0.39 is 10.7 Å². The number of aromatic nitrogens is 1. The second-order valence-electron chi connectivity index (χ2n) is 3.15. The molecule has 0 amide bonds. The summed E-state index contributed by atoms with van der Waals surface area (Å²) >= 11 is 0. The molecule has 0 aromatic carbocycles. The molecule has 0 radical (unpaired) electrons. The van der Waals surface area contributed by atoms with E-state index in [1.165, 1.54) is 12.4 Å². The van der Waals surface area contributed by atoms with E-state index in [1.54, 1.807) is 6.92 Å². The van der Waals surface area contributed by atoms with Crippen molar-refractivity contribution in [2.45, 2.75) is 12.7 Å². The summed E-state index contributed by atoms with van der Waals surface area (Å²) in [4.78, 5) is 12.9. The lowest BCUT2D eigenvalue weighted by molar-refractivity contribution is -0.387. The van der Waals surface area contributed by atoms with Gasteiger partial charge in [0.25, 0.3) is 5.69 Å². The molecule has 0 unspecified atom stereocenters. The zero-order chi connectivity index (χ0) is 10.2. The maximum Gasteiger partial charge on any atom is 0.295 e. The average molecular weight is 198 g/mol. The van der Waals surface area contributed by atoms with Gasteiger partial charge < -0.3 is 14.5 Å². The van der Waals surface area contributed by atoms with Gasteiger partial charge in [0.1, 0.15) is 5.56 Å². The van der Waals surface area contributed by atoms with Crippen molar-refractivity contribution in [3.63, 3.8) is 0 Å². The van der Waals surface area contributed by atoms with Crippen molar-refractivity contribution in [2.75, 3.05) is 13.2 Å². The Morgan fingerprint density at radius 2 is 2.14 bits per heavy atom. The van der Waals surface area contributed by atoms with Crippen molar-refractivity contribution in [3.05, 3.63) is 28.1 Å². The number of nitro groups is 1. The number of aromatic amines is 1. The van der Waals surface area contributed by atoms with Crippen LogP contribution in [0.4, 0.5) is 5.69 Å². The van der Waals surface area contributed by atoms with Crippen LogP contribution in [0.2, 0.25) is 0 Å². The summed E-state index contributed by atoms with van der Waals surface area (Å²) < 4.78 is 10.7. The zero-order valence-corrected chi connectivity index (χ0v) is 7.65. The smallest absolute Gasteiger partial charge is 0.295 e. The lowest BCUT2D eigenvalue weighted by atomic mass is 10.1. The highest BCUT2D eigenvalue weighted by atomic mass is 16.7. The molecule has 0 atom stereocenters. The minimum atomic E-state index is -0.984. The average Bonchev–Trinajstić information content (AvgIpc) is 2.71. The first-order chi connectivity index (χ1) is 6.63. The molecule has 0 bridgehead atoms.